The molecule has 0 aromatic heterocycles. The summed E-state index contributed by atoms with van der Waals surface area (Å²) in [6.45, 7) is 3.36. The summed E-state index contributed by atoms with van der Waals surface area (Å²) in [7, 11) is 0. The number of anilines is 1. The molecular weight excluding hydrogens is 382 g/mol. The van der Waals surface area contributed by atoms with Gasteiger partial charge >= 0.3 is 0 Å². The summed E-state index contributed by atoms with van der Waals surface area (Å²) >= 11 is 6.01. The van der Waals surface area contributed by atoms with Gasteiger partial charge in [0, 0.05) is 23.6 Å². The minimum absolute atomic E-state index is 0.0380. The summed E-state index contributed by atoms with van der Waals surface area (Å²) in [4.78, 5) is 35.8. The third-order valence-corrected chi connectivity index (χ3v) is 4.28. The van der Waals surface area contributed by atoms with Gasteiger partial charge in [-0.15, -0.1) is 0 Å². The largest absolute Gasteiger partial charge is 0.481 e. The number of ether oxygens (including phenoxy) is 1. The first-order valence-electron chi connectivity index (χ1n) is 8.72. The van der Waals surface area contributed by atoms with Crippen LogP contribution in [0.15, 0.2) is 48.5 Å². The van der Waals surface area contributed by atoms with Gasteiger partial charge in [-0.05, 0) is 43.7 Å². The number of hydrazine groups is 1. The van der Waals surface area contributed by atoms with E-state index in [-0.39, 0.29) is 18.7 Å². The highest BCUT2D eigenvalue weighted by Gasteiger charge is 2.16. The number of nitrogens with one attached hydrogen (secondary N) is 3. The quantitative estimate of drug-likeness (QED) is 0.619. The Morgan fingerprint density at radius 1 is 0.964 bits per heavy atom. The van der Waals surface area contributed by atoms with Crippen LogP contribution in [0.4, 0.5) is 5.69 Å². The van der Waals surface area contributed by atoms with E-state index in [0.29, 0.717) is 16.5 Å². The zero-order valence-electron chi connectivity index (χ0n) is 15.6. The zero-order chi connectivity index (χ0) is 20.5. The summed E-state index contributed by atoms with van der Waals surface area (Å²) in [5.74, 6) is -0.772. The molecule has 1 atom stereocenters. The van der Waals surface area contributed by atoms with E-state index in [4.69, 9.17) is 16.3 Å². The Morgan fingerprint density at radius 2 is 1.64 bits per heavy atom. The molecule has 0 saturated heterocycles. The maximum absolute atomic E-state index is 12.0. The number of amides is 3. The van der Waals surface area contributed by atoms with Gasteiger partial charge in [0.05, 0.1) is 0 Å². The normalized spacial score (nSPS) is 11.2. The molecule has 0 aliphatic carbocycles. The van der Waals surface area contributed by atoms with Crippen LogP contribution in [-0.2, 0) is 14.4 Å². The molecule has 7 nitrogen and oxygen atoms in total. The molecule has 0 aliphatic heterocycles. The summed E-state index contributed by atoms with van der Waals surface area (Å²) in [6, 6.07) is 14.0. The van der Waals surface area contributed by atoms with Crippen LogP contribution in [0.2, 0.25) is 5.02 Å². The van der Waals surface area contributed by atoms with E-state index in [1.807, 2.05) is 6.07 Å². The molecule has 0 aliphatic rings. The lowest BCUT2D eigenvalue weighted by atomic mass is 10.2. The van der Waals surface area contributed by atoms with Crippen LogP contribution < -0.4 is 20.9 Å². The van der Waals surface area contributed by atoms with E-state index in [1.165, 1.54) is 0 Å². The van der Waals surface area contributed by atoms with Gasteiger partial charge in [-0.2, -0.15) is 0 Å². The molecule has 0 spiro atoms. The molecule has 2 aromatic carbocycles. The average Bonchev–Trinajstić information content (AvgIpc) is 2.68. The lowest BCUT2D eigenvalue weighted by Gasteiger charge is -2.15. The van der Waals surface area contributed by atoms with Crippen LogP contribution in [-0.4, -0.2) is 23.8 Å². The highest BCUT2D eigenvalue weighted by molar-refractivity contribution is 6.31. The van der Waals surface area contributed by atoms with Crippen molar-refractivity contribution in [2.24, 2.45) is 0 Å². The number of carbonyl (C=O) groups is 3. The predicted molar refractivity (Wildman–Crippen MR) is 107 cm³/mol. The highest BCUT2D eigenvalue weighted by Crippen LogP contribution is 2.23. The number of benzene rings is 2. The van der Waals surface area contributed by atoms with E-state index in [1.54, 1.807) is 56.3 Å². The minimum Gasteiger partial charge on any atom is -0.481 e. The summed E-state index contributed by atoms with van der Waals surface area (Å²) in [5.41, 5.74) is 5.90. The Balaban J connectivity index is 1.71. The van der Waals surface area contributed by atoms with E-state index < -0.39 is 17.9 Å². The molecule has 2 aromatic rings. The van der Waals surface area contributed by atoms with Crippen molar-refractivity contribution >= 4 is 35.0 Å². The van der Waals surface area contributed by atoms with Gasteiger partial charge < -0.3 is 10.1 Å². The molecule has 1 unspecified atom stereocenters. The van der Waals surface area contributed by atoms with Gasteiger partial charge in [-0.1, -0.05) is 35.9 Å². The van der Waals surface area contributed by atoms with Crippen LogP contribution >= 0.6 is 11.6 Å². The number of para-hydroxylation sites is 1. The van der Waals surface area contributed by atoms with E-state index in [0.717, 1.165) is 5.56 Å². The molecule has 148 valence electrons. The topological polar surface area (TPSA) is 96.5 Å². The summed E-state index contributed by atoms with van der Waals surface area (Å²) < 4.78 is 5.46. The van der Waals surface area contributed by atoms with Crippen molar-refractivity contribution in [1.29, 1.82) is 0 Å². The maximum Gasteiger partial charge on any atom is 0.279 e. The number of hydrogen-bond acceptors (Lipinski definition) is 4. The maximum atomic E-state index is 12.0. The molecule has 3 N–H and O–H groups in total. The fourth-order valence-electron chi connectivity index (χ4n) is 2.23. The van der Waals surface area contributed by atoms with Crippen molar-refractivity contribution < 1.29 is 19.1 Å². The minimum atomic E-state index is -0.795. The Bertz CT molecular complexity index is 843. The average molecular weight is 404 g/mol. The standard InChI is InChI=1S/C20H22ClN3O4/c1-13-16(21)9-6-10-17(13)22-18(25)11-12-19(26)23-24-20(27)14(2)28-15-7-4-3-5-8-15/h3-10,14H,11-12H2,1-2H3,(H,22,25)(H,23,26)(H,24,27). The van der Waals surface area contributed by atoms with Crippen LogP contribution in [0.5, 0.6) is 5.75 Å². The second kappa shape index (κ2) is 10.3. The second-order valence-corrected chi connectivity index (χ2v) is 6.48. The van der Waals surface area contributed by atoms with Crippen molar-refractivity contribution in [3.05, 3.63) is 59.1 Å². The molecule has 0 fully saturated rings. The van der Waals surface area contributed by atoms with Gasteiger partial charge in [0.15, 0.2) is 6.10 Å². The first-order valence-corrected chi connectivity index (χ1v) is 9.10. The fourth-order valence-corrected chi connectivity index (χ4v) is 2.41. The molecule has 2 rings (SSSR count). The Morgan fingerprint density at radius 3 is 2.36 bits per heavy atom. The van der Waals surface area contributed by atoms with Gasteiger partial charge in [-0.25, -0.2) is 0 Å². The van der Waals surface area contributed by atoms with Crippen molar-refractivity contribution in [3.8, 4) is 5.75 Å². The Kier molecular flexibility index (Phi) is 7.83. The predicted octanol–water partition coefficient (Wildman–Crippen LogP) is 2.98. The highest BCUT2D eigenvalue weighted by atomic mass is 35.5. The van der Waals surface area contributed by atoms with Gasteiger partial charge in [0.25, 0.3) is 5.91 Å². The molecule has 0 bridgehead atoms. The van der Waals surface area contributed by atoms with Crippen LogP contribution in [0.25, 0.3) is 0 Å². The Labute approximate surface area is 168 Å². The lowest BCUT2D eigenvalue weighted by molar-refractivity contribution is -0.133. The van der Waals surface area contributed by atoms with Crippen molar-refractivity contribution in [2.75, 3.05) is 5.32 Å². The van der Waals surface area contributed by atoms with Crippen LogP contribution in [0.3, 0.4) is 0 Å². The lowest BCUT2D eigenvalue weighted by Crippen LogP contribution is -2.47. The van der Waals surface area contributed by atoms with E-state index in [2.05, 4.69) is 16.2 Å². The molecule has 0 radical (unpaired) electrons. The first kappa shape index (κ1) is 21.2. The molecule has 28 heavy (non-hydrogen) atoms. The van der Waals surface area contributed by atoms with Crippen molar-refractivity contribution in [2.45, 2.75) is 32.8 Å². The SMILES string of the molecule is Cc1c(Cl)cccc1NC(=O)CCC(=O)NNC(=O)C(C)Oc1ccccc1. The molecule has 8 heteroatoms. The molecule has 3 amide bonds. The van der Waals surface area contributed by atoms with E-state index in [9.17, 15) is 14.4 Å². The molecular formula is C20H22ClN3O4. The molecule has 0 saturated carbocycles. The molecule has 0 heterocycles. The van der Waals surface area contributed by atoms with Gasteiger partial charge in [-0.3, -0.25) is 25.2 Å². The van der Waals surface area contributed by atoms with Crippen LogP contribution in [0, 0.1) is 6.92 Å². The van der Waals surface area contributed by atoms with Gasteiger partial charge in [0.1, 0.15) is 5.75 Å². The number of halogens is 1. The number of rotatable bonds is 7. The third-order valence-electron chi connectivity index (χ3n) is 3.87. The fraction of sp³-hybridized carbons (Fsp3) is 0.250. The van der Waals surface area contributed by atoms with Gasteiger partial charge in [0.2, 0.25) is 11.8 Å². The smallest absolute Gasteiger partial charge is 0.279 e. The second-order valence-electron chi connectivity index (χ2n) is 6.07. The van der Waals surface area contributed by atoms with E-state index >= 15 is 0 Å². The van der Waals surface area contributed by atoms with Crippen LogP contribution in [0.1, 0.15) is 25.3 Å². The van der Waals surface area contributed by atoms with Crippen molar-refractivity contribution in [1.82, 2.24) is 10.9 Å². The number of carbonyl (C=O) groups excluding carboxylic acids is 3. The number of hydrogen-bond donors (Lipinski definition) is 3. The first-order chi connectivity index (χ1) is 13.4. The monoisotopic (exact) mass is 403 g/mol. The third kappa shape index (κ3) is 6.59. The Hall–Kier alpha value is -3.06. The van der Waals surface area contributed by atoms with Crippen molar-refractivity contribution in [3.63, 3.8) is 0 Å². The summed E-state index contributed by atoms with van der Waals surface area (Å²) in [5, 5.41) is 3.25. The zero-order valence-corrected chi connectivity index (χ0v) is 16.4. The summed E-state index contributed by atoms with van der Waals surface area (Å²) in [6.07, 6.45) is -0.916.